The minimum absolute atomic E-state index is 0.103. The molecule has 3 unspecified atom stereocenters. The fourth-order valence-electron chi connectivity index (χ4n) is 5.36. The van der Waals surface area contributed by atoms with E-state index < -0.39 is 6.10 Å². The van der Waals surface area contributed by atoms with E-state index in [1.54, 1.807) is 31.4 Å². The van der Waals surface area contributed by atoms with Crippen LogP contribution >= 0.6 is 0 Å². The number of methoxy groups -OCH3 is 1. The van der Waals surface area contributed by atoms with E-state index in [0.717, 1.165) is 52.6 Å². The van der Waals surface area contributed by atoms with E-state index in [9.17, 15) is 10.2 Å². The van der Waals surface area contributed by atoms with Crippen LogP contribution in [-0.4, -0.2) is 48.0 Å². The number of allylic oxidation sites excluding steroid dienone is 1. The second-order valence-electron chi connectivity index (χ2n) is 10.2. The third-order valence-corrected chi connectivity index (χ3v) is 7.48. The van der Waals surface area contributed by atoms with E-state index in [1.807, 2.05) is 43.3 Å². The smallest absolute Gasteiger partial charge is 0.170 e. The summed E-state index contributed by atoms with van der Waals surface area (Å²) in [6.07, 6.45) is 0.814. The molecule has 3 aromatic rings. The zero-order chi connectivity index (χ0) is 26.1. The highest BCUT2D eigenvalue weighted by Crippen LogP contribution is 2.51. The standard InChI is InChI=1S/C31H35NO5/c1-19-12-13-32(17-19)20(2)18-36-26-10-8-22(9-11-26)30-29(23-6-5-7-24(33)14-23)21(3)27-15-25(34)16-28(35-4)31(27)37-30/h5-11,14-16,19-20,30,33-34H,12-13,17-18H2,1-4H3. The molecule has 1 fully saturated rings. The lowest BCUT2D eigenvalue weighted by Gasteiger charge is -2.32. The first-order chi connectivity index (χ1) is 17.8. The summed E-state index contributed by atoms with van der Waals surface area (Å²) in [6.45, 7) is 9.44. The maximum Gasteiger partial charge on any atom is 0.170 e. The van der Waals surface area contributed by atoms with Crippen molar-refractivity contribution in [2.45, 2.75) is 39.3 Å². The average molecular weight is 502 g/mol. The summed E-state index contributed by atoms with van der Waals surface area (Å²) in [5.41, 5.74) is 4.43. The Morgan fingerprint density at radius 2 is 1.84 bits per heavy atom. The Labute approximate surface area is 218 Å². The molecule has 37 heavy (non-hydrogen) atoms. The molecule has 2 N–H and O–H groups in total. The van der Waals surface area contributed by atoms with Crippen LogP contribution in [0.2, 0.25) is 0 Å². The van der Waals surface area contributed by atoms with Gasteiger partial charge in [-0.1, -0.05) is 31.2 Å². The lowest BCUT2D eigenvalue weighted by atomic mass is 9.86. The Morgan fingerprint density at radius 1 is 1.05 bits per heavy atom. The van der Waals surface area contributed by atoms with Crippen molar-refractivity contribution in [3.8, 4) is 28.7 Å². The van der Waals surface area contributed by atoms with Gasteiger partial charge in [0.25, 0.3) is 0 Å². The lowest BCUT2D eigenvalue weighted by Crippen LogP contribution is -2.35. The summed E-state index contributed by atoms with van der Waals surface area (Å²) in [6, 6.07) is 18.8. The number of rotatable bonds is 7. The van der Waals surface area contributed by atoms with Crippen LogP contribution in [0.15, 0.2) is 60.7 Å². The van der Waals surface area contributed by atoms with Crippen molar-refractivity contribution in [2.75, 3.05) is 26.8 Å². The van der Waals surface area contributed by atoms with Gasteiger partial charge in [-0.25, -0.2) is 0 Å². The number of hydrogen-bond acceptors (Lipinski definition) is 6. The molecule has 6 heteroatoms. The highest BCUT2D eigenvalue weighted by Gasteiger charge is 2.32. The van der Waals surface area contributed by atoms with Gasteiger partial charge in [0.15, 0.2) is 11.5 Å². The number of fused-ring (bicyclic) bond motifs is 1. The zero-order valence-corrected chi connectivity index (χ0v) is 21.9. The molecule has 3 aromatic carbocycles. The van der Waals surface area contributed by atoms with E-state index in [-0.39, 0.29) is 11.5 Å². The van der Waals surface area contributed by atoms with Crippen LogP contribution in [0.1, 0.15) is 50.0 Å². The van der Waals surface area contributed by atoms with Gasteiger partial charge in [-0.15, -0.1) is 0 Å². The van der Waals surface area contributed by atoms with E-state index in [1.165, 1.54) is 6.42 Å². The number of aromatic hydroxyl groups is 2. The molecule has 1 saturated heterocycles. The summed E-state index contributed by atoms with van der Waals surface area (Å²) >= 11 is 0. The van der Waals surface area contributed by atoms with Crippen molar-refractivity contribution < 1.29 is 24.4 Å². The van der Waals surface area contributed by atoms with Crippen LogP contribution in [0, 0.1) is 5.92 Å². The Balaban J connectivity index is 1.45. The van der Waals surface area contributed by atoms with Gasteiger partial charge < -0.3 is 24.4 Å². The summed E-state index contributed by atoms with van der Waals surface area (Å²) in [7, 11) is 1.56. The van der Waals surface area contributed by atoms with Crippen LogP contribution in [-0.2, 0) is 0 Å². The zero-order valence-electron chi connectivity index (χ0n) is 21.9. The van der Waals surface area contributed by atoms with Crippen molar-refractivity contribution in [1.82, 2.24) is 4.90 Å². The first-order valence-electron chi connectivity index (χ1n) is 12.9. The summed E-state index contributed by atoms with van der Waals surface area (Å²) < 4.78 is 18.2. The Bertz CT molecular complexity index is 1300. The molecule has 3 atom stereocenters. The molecule has 0 aromatic heterocycles. The van der Waals surface area contributed by atoms with Crippen LogP contribution < -0.4 is 14.2 Å². The average Bonchev–Trinajstić information content (AvgIpc) is 3.33. The van der Waals surface area contributed by atoms with Crippen molar-refractivity contribution in [3.05, 3.63) is 77.4 Å². The molecule has 0 aliphatic carbocycles. The number of likely N-dealkylation sites (tertiary alicyclic amines) is 1. The van der Waals surface area contributed by atoms with Crippen molar-refractivity contribution >= 4 is 11.1 Å². The highest BCUT2D eigenvalue weighted by atomic mass is 16.5. The van der Waals surface area contributed by atoms with Gasteiger partial charge in [0.05, 0.1) is 7.11 Å². The monoisotopic (exact) mass is 501 g/mol. The second-order valence-corrected chi connectivity index (χ2v) is 10.2. The fraction of sp³-hybridized carbons (Fsp3) is 0.355. The lowest BCUT2D eigenvalue weighted by molar-refractivity contribution is 0.169. The summed E-state index contributed by atoms with van der Waals surface area (Å²) in [4.78, 5) is 2.49. The fourth-order valence-corrected chi connectivity index (χ4v) is 5.36. The number of hydrogen-bond donors (Lipinski definition) is 2. The third kappa shape index (κ3) is 5.12. The number of ether oxygens (including phenoxy) is 3. The molecule has 2 aliphatic rings. The summed E-state index contributed by atoms with van der Waals surface area (Å²) in [5.74, 6) is 2.91. The van der Waals surface area contributed by atoms with E-state index >= 15 is 0 Å². The van der Waals surface area contributed by atoms with Gasteiger partial charge in [-0.05, 0) is 79.8 Å². The molecule has 194 valence electrons. The Hall–Kier alpha value is -3.64. The normalized spacial score (nSPS) is 20.3. The number of phenolic OH excluding ortho intramolecular Hbond substituents is 2. The predicted octanol–water partition coefficient (Wildman–Crippen LogP) is 6.28. The number of benzene rings is 3. The van der Waals surface area contributed by atoms with Crippen LogP contribution in [0.4, 0.5) is 0 Å². The van der Waals surface area contributed by atoms with Gasteiger partial charge in [0, 0.05) is 29.8 Å². The molecular formula is C31H35NO5. The van der Waals surface area contributed by atoms with Gasteiger partial charge in [-0.2, -0.15) is 0 Å². The van der Waals surface area contributed by atoms with Gasteiger partial charge >= 0.3 is 0 Å². The number of nitrogens with zero attached hydrogens (tertiary/aromatic N) is 1. The minimum Gasteiger partial charge on any atom is -0.508 e. The van der Waals surface area contributed by atoms with Crippen LogP contribution in [0.5, 0.6) is 28.7 Å². The molecule has 0 spiro atoms. The molecule has 2 heterocycles. The maximum atomic E-state index is 10.3. The van der Waals surface area contributed by atoms with Crippen LogP contribution in [0.3, 0.4) is 0 Å². The molecule has 0 saturated carbocycles. The van der Waals surface area contributed by atoms with Crippen molar-refractivity contribution in [1.29, 1.82) is 0 Å². The SMILES string of the molecule is COc1cc(O)cc2c1OC(c1ccc(OCC(C)N3CCC(C)C3)cc1)C(c1cccc(O)c1)=C2C. The van der Waals surface area contributed by atoms with Gasteiger partial charge in [0.2, 0.25) is 0 Å². The van der Waals surface area contributed by atoms with Gasteiger partial charge in [-0.3, -0.25) is 4.90 Å². The van der Waals surface area contributed by atoms with Crippen LogP contribution in [0.25, 0.3) is 11.1 Å². The minimum atomic E-state index is -0.438. The third-order valence-electron chi connectivity index (χ3n) is 7.48. The molecule has 6 nitrogen and oxygen atoms in total. The second kappa shape index (κ2) is 10.4. The Kier molecular flexibility index (Phi) is 7.02. The largest absolute Gasteiger partial charge is 0.508 e. The Morgan fingerprint density at radius 3 is 2.51 bits per heavy atom. The molecule has 5 rings (SSSR count). The van der Waals surface area contributed by atoms with Crippen molar-refractivity contribution in [2.24, 2.45) is 5.92 Å². The van der Waals surface area contributed by atoms with Crippen molar-refractivity contribution in [3.63, 3.8) is 0 Å². The predicted molar refractivity (Wildman–Crippen MR) is 145 cm³/mol. The summed E-state index contributed by atoms with van der Waals surface area (Å²) in [5, 5.41) is 20.5. The molecule has 2 aliphatic heterocycles. The molecule has 0 radical (unpaired) electrons. The van der Waals surface area contributed by atoms with E-state index in [2.05, 4.69) is 18.7 Å². The highest BCUT2D eigenvalue weighted by molar-refractivity contribution is 5.96. The maximum absolute atomic E-state index is 10.3. The molecular weight excluding hydrogens is 466 g/mol. The first-order valence-corrected chi connectivity index (χ1v) is 12.9. The van der Waals surface area contributed by atoms with Gasteiger partial charge in [0.1, 0.15) is 30.0 Å². The van der Waals surface area contributed by atoms with E-state index in [4.69, 9.17) is 14.2 Å². The topological polar surface area (TPSA) is 71.4 Å². The first kappa shape index (κ1) is 25.0. The van der Waals surface area contributed by atoms with E-state index in [0.29, 0.717) is 24.1 Å². The molecule has 0 amide bonds. The quantitative estimate of drug-likeness (QED) is 0.397. The number of phenols is 2. The molecule has 0 bridgehead atoms.